The van der Waals surface area contributed by atoms with Crippen molar-refractivity contribution in [1.82, 2.24) is 20.4 Å². The third kappa shape index (κ3) is 10.7. The summed E-state index contributed by atoms with van der Waals surface area (Å²) in [6.45, 7) is 15.9. The Morgan fingerprint density at radius 1 is 1.03 bits per heavy atom. The van der Waals surface area contributed by atoms with Crippen LogP contribution in [0.2, 0.25) is 0 Å². The van der Waals surface area contributed by atoms with Crippen molar-refractivity contribution < 1.29 is 9.47 Å². The van der Waals surface area contributed by atoms with E-state index in [9.17, 15) is 0 Å². The Bertz CT molecular complexity index is 624. The molecule has 31 heavy (non-hydrogen) atoms. The number of methoxy groups -OCH3 is 1. The Morgan fingerprint density at radius 3 is 2.35 bits per heavy atom. The first-order valence-electron chi connectivity index (χ1n) is 11.4. The van der Waals surface area contributed by atoms with Gasteiger partial charge >= 0.3 is 0 Å². The minimum atomic E-state index is -0.0430. The molecule has 1 aromatic carbocycles. The van der Waals surface area contributed by atoms with Crippen LogP contribution in [0.5, 0.6) is 11.5 Å². The van der Waals surface area contributed by atoms with E-state index < -0.39 is 0 Å². The van der Waals surface area contributed by atoms with E-state index in [1.807, 2.05) is 31.2 Å². The van der Waals surface area contributed by atoms with Crippen molar-refractivity contribution in [3.05, 3.63) is 24.3 Å². The van der Waals surface area contributed by atoms with Crippen molar-refractivity contribution in [3.8, 4) is 11.5 Å². The first-order chi connectivity index (χ1) is 14.7. The zero-order chi connectivity index (χ0) is 21.6. The fourth-order valence-corrected chi connectivity index (χ4v) is 3.53. The fourth-order valence-electron chi connectivity index (χ4n) is 3.53. The number of benzene rings is 1. The number of piperazine rings is 1. The summed E-state index contributed by atoms with van der Waals surface area (Å²) >= 11 is 0. The van der Waals surface area contributed by atoms with Crippen LogP contribution in [0.4, 0.5) is 0 Å². The smallest absolute Gasteiger partial charge is 0.191 e. The number of para-hydroxylation sites is 2. The van der Waals surface area contributed by atoms with Gasteiger partial charge in [0.1, 0.15) is 6.10 Å². The molecule has 8 heteroatoms. The summed E-state index contributed by atoms with van der Waals surface area (Å²) in [6.07, 6.45) is 2.32. The van der Waals surface area contributed by atoms with Crippen LogP contribution >= 0.6 is 24.0 Å². The van der Waals surface area contributed by atoms with Gasteiger partial charge in [-0.1, -0.05) is 19.1 Å². The van der Waals surface area contributed by atoms with Gasteiger partial charge in [0.25, 0.3) is 0 Å². The molecule has 1 aromatic rings. The normalized spacial score (nSPS) is 16.3. The number of rotatable bonds is 12. The van der Waals surface area contributed by atoms with Crippen molar-refractivity contribution >= 4 is 29.9 Å². The molecule has 1 saturated heterocycles. The predicted octanol–water partition coefficient (Wildman–Crippen LogP) is 3.05. The van der Waals surface area contributed by atoms with E-state index in [1.165, 1.54) is 45.7 Å². The van der Waals surface area contributed by atoms with E-state index in [0.717, 1.165) is 37.0 Å². The molecule has 0 saturated carbocycles. The van der Waals surface area contributed by atoms with Crippen molar-refractivity contribution in [2.24, 2.45) is 4.99 Å². The molecule has 2 N–H and O–H groups in total. The molecule has 2 rings (SSSR count). The van der Waals surface area contributed by atoms with Crippen LogP contribution in [0.3, 0.4) is 0 Å². The van der Waals surface area contributed by atoms with Crippen LogP contribution in [0, 0.1) is 0 Å². The van der Waals surface area contributed by atoms with Crippen molar-refractivity contribution in [2.75, 3.05) is 66.0 Å². The Morgan fingerprint density at radius 2 is 1.71 bits per heavy atom. The van der Waals surface area contributed by atoms with Crippen molar-refractivity contribution in [3.63, 3.8) is 0 Å². The zero-order valence-electron chi connectivity index (χ0n) is 19.7. The number of halogens is 1. The molecule has 0 bridgehead atoms. The van der Waals surface area contributed by atoms with Gasteiger partial charge < -0.3 is 29.9 Å². The highest BCUT2D eigenvalue weighted by molar-refractivity contribution is 14.0. The summed E-state index contributed by atoms with van der Waals surface area (Å²) in [7, 11) is 1.66. The summed E-state index contributed by atoms with van der Waals surface area (Å²) in [4.78, 5) is 9.79. The van der Waals surface area contributed by atoms with Crippen LogP contribution in [0.15, 0.2) is 29.3 Å². The van der Waals surface area contributed by atoms with Crippen LogP contribution in [0.25, 0.3) is 0 Å². The van der Waals surface area contributed by atoms with Gasteiger partial charge in [-0.05, 0) is 51.9 Å². The first kappa shape index (κ1) is 27.8. The molecule has 1 fully saturated rings. The van der Waals surface area contributed by atoms with Crippen LogP contribution < -0.4 is 20.1 Å². The summed E-state index contributed by atoms with van der Waals surface area (Å²) in [5.41, 5.74) is 0. The molecular weight excluding hydrogens is 505 g/mol. The third-order valence-corrected chi connectivity index (χ3v) is 5.35. The number of ether oxygens (including phenoxy) is 2. The molecule has 7 nitrogen and oxygen atoms in total. The van der Waals surface area contributed by atoms with Gasteiger partial charge in [-0.2, -0.15) is 0 Å². The highest BCUT2D eigenvalue weighted by Crippen LogP contribution is 2.26. The van der Waals surface area contributed by atoms with Gasteiger partial charge in [-0.15, -0.1) is 24.0 Å². The van der Waals surface area contributed by atoms with Gasteiger partial charge in [-0.3, -0.25) is 0 Å². The van der Waals surface area contributed by atoms with Gasteiger partial charge in [-0.25, -0.2) is 4.99 Å². The zero-order valence-corrected chi connectivity index (χ0v) is 22.1. The Labute approximate surface area is 206 Å². The Kier molecular flexibility index (Phi) is 14.7. The average Bonchev–Trinajstić information content (AvgIpc) is 2.78. The molecule has 1 aliphatic rings. The maximum atomic E-state index is 5.99. The highest BCUT2D eigenvalue weighted by atomic mass is 127. The molecule has 0 aliphatic carbocycles. The Hall–Kier alpha value is -1.26. The molecule has 0 radical (unpaired) electrons. The number of likely N-dealkylation sites (N-methyl/N-ethyl adjacent to an activating group) is 1. The lowest BCUT2D eigenvalue weighted by molar-refractivity contribution is 0.136. The quantitative estimate of drug-likeness (QED) is 0.182. The number of nitrogens with zero attached hydrogens (tertiary/aromatic N) is 3. The number of hydrogen-bond acceptors (Lipinski definition) is 5. The first-order valence-corrected chi connectivity index (χ1v) is 11.4. The topological polar surface area (TPSA) is 61.4 Å². The summed E-state index contributed by atoms with van der Waals surface area (Å²) < 4.78 is 11.3. The number of unbranched alkanes of at least 4 members (excludes halogenated alkanes) is 1. The molecule has 0 amide bonds. The standard InChI is InChI=1S/C23H41N5O2.HI/c1-5-24-23(25-13-9-10-14-28-17-15-27(6-2)16-18-28)26-19-20(3)30-22-12-8-7-11-21(22)29-4;/h7-8,11-12,20H,5-6,9-10,13-19H2,1-4H3,(H2,24,25,26);1H. The van der Waals surface area contributed by atoms with Crippen LogP contribution in [-0.2, 0) is 0 Å². The molecule has 1 unspecified atom stereocenters. The molecular formula is C23H42IN5O2. The molecule has 178 valence electrons. The Balaban J connectivity index is 0.00000480. The van der Waals surface area contributed by atoms with Crippen LogP contribution in [0.1, 0.15) is 33.6 Å². The van der Waals surface area contributed by atoms with Crippen LogP contribution in [-0.4, -0.2) is 87.9 Å². The minimum Gasteiger partial charge on any atom is -0.493 e. The molecule has 0 spiro atoms. The molecule has 1 aliphatic heterocycles. The number of nitrogens with one attached hydrogen (secondary N) is 2. The van der Waals surface area contributed by atoms with E-state index in [4.69, 9.17) is 9.47 Å². The van der Waals surface area contributed by atoms with E-state index in [0.29, 0.717) is 6.54 Å². The predicted molar refractivity (Wildman–Crippen MR) is 140 cm³/mol. The van der Waals surface area contributed by atoms with Gasteiger partial charge in [0, 0.05) is 39.3 Å². The second-order valence-corrected chi connectivity index (χ2v) is 7.71. The average molecular weight is 548 g/mol. The highest BCUT2D eigenvalue weighted by Gasteiger charge is 2.14. The lowest BCUT2D eigenvalue weighted by atomic mass is 10.2. The maximum Gasteiger partial charge on any atom is 0.191 e. The fraction of sp³-hybridized carbons (Fsp3) is 0.696. The largest absolute Gasteiger partial charge is 0.493 e. The number of aliphatic imine (C=N–C) groups is 1. The number of guanidine groups is 1. The summed E-state index contributed by atoms with van der Waals surface area (Å²) in [5.74, 6) is 2.35. The maximum absolute atomic E-state index is 5.99. The summed E-state index contributed by atoms with van der Waals surface area (Å²) in [5, 5.41) is 6.77. The minimum absolute atomic E-state index is 0. The van der Waals surface area contributed by atoms with Gasteiger partial charge in [0.05, 0.1) is 13.7 Å². The van der Waals surface area contributed by atoms with Crippen molar-refractivity contribution in [2.45, 2.75) is 39.7 Å². The monoisotopic (exact) mass is 547 g/mol. The second-order valence-electron chi connectivity index (χ2n) is 7.71. The number of hydrogen-bond donors (Lipinski definition) is 2. The van der Waals surface area contributed by atoms with E-state index >= 15 is 0 Å². The molecule has 0 aromatic heterocycles. The van der Waals surface area contributed by atoms with E-state index in [-0.39, 0.29) is 30.1 Å². The lowest BCUT2D eigenvalue weighted by Gasteiger charge is -2.34. The second kappa shape index (κ2) is 16.4. The van der Waals surface area contributed by atoms with Gasteiger partial charge in [0.15, 0.2) is 17.5 Å². The molecule has 1 atom stereocenters. The van der Waals surface area contributed by atoms with Crippen molar-refractivity contribution in [1.29, 1.82) is 0 Å². The van der Waals surface area contributed by atoms with Gasteiger partial charge in [0.2, 0.25) is 0 Å². The SMILES string of the molecule is CCNC(=NCC(C)Oc1ccccc1OC)NCCCCN1CCN(CC)CC1.I. The summed E-state index contributed by atoms with van der Waals surface area (Å²) in [6, 6.07) is 7.71. The molecule has 1 heterocycles. The third-order valence-electron chi connectivity index (χ3n) is 5.35. The lowest BCUT2D eigenvalue weighted by Crippen LogP contribution is -2.46. The van der Waals surface area contributed by atoms with E-state index in [2.05, 4.69) is 39.3 Å². The van der Waals surface area contributed by atoms with E-state index in [1.54, 1.807) is 7.11 Å².